The predicted molar refractivity (Wildman–Crippen MR) is 78.3 cm³/mol. The highest BCUT2D eigenvalue weighted by molar-refractivity contribution is 5.89. The van der Waals surface area contributed by atoms with Crippen LogP contribution in [0.25, 0.3) is 0 Å². The van der Waals surface area contributed by atoms with Crippen LogP contribution in [0.2, 0.25) is 0 Å². The Morgan fingerprint density at radius 1 is 1.37 bits per heavy atom. The summed E-state index contributed by atoms with van der Waals surface area (Å²) in [4.78, 5) is 14.4. The van der Waals surface area contributed by atoms with Crippen LogP contribution < -0.4 is 10.6 Å². The highest BCUT2D eigenvalue weighted by Crippen LogP contribution is 2.15. The zero-order valence-electron chi connectivity index (χ0n) is 11.7. The first-order valence-electron chi connectivity index (χ1n) is 7.02. The topological polar surface area (TPSA) is 44.4 Å². The van der Waals surface area contributed by atoms with Crippen molar-refractivity contribution in [2.75, 3.05) is 25.0 Å². The second kappa shape index (κ2) is 6.57. The number of nitrogens with one attached hydrogen (secondary N) is 2. The molecule has 1 unspecified atom stereocenters. The summed E-state index contributed by atoms with van der Waals surface area (Å²) in [5.74, 6) is 0.451. The van der Waals surface area contributed by atoms with Crippen LogP contribution in [0.1, 0.15) is 20.3 Å². The van der Waals surface area contributed by atoms with Gasteiger partial charge in [0.05, 0.1) is 0 Å². The Balaban J connectivity index is 2.06. The molecule has 0 spiro atoms. The Morgan fingerprint density at radius 3 is 2.79 bits per heavy atom. The second-order valence-electron chi connectivity index (χ2n) is 5.36. The second-order valence-corrected chi connectivity index (χ2v) is 5.36. The van der Waals surface area contributed by atoms with E-state index in [2.05, 4.69) is 24.5 Å². The zero-order valence-corrected chi connectivity index (χ0v) is 11.7. The maximum Gasteiger partial charge on any atom is 0.322 e. The number of rotatable bonds is 2. The number of hydrogen-bond acceptors (Lipinski definition) is 2. The standard InChI is InChI=1S/C15H23N3O/c1-12(2)14-11-16-9-6-10-18(14)15(19)17-13-7-4-3-5-8-13/h3-5,7-8,12,14,16H,6,9-11H2,1-2H3,(H,17,19). The van der Waals surface area contributed by atoms with E-state index in [1.54, 1.807) is 0 Å². The Bertz CT molecular complexity index is 405. The molecule has 4 heteroatoms. The van der Waals surface area contributed by atoms with Crippen LogP contribution in [0.4, 0.5) is 10.5 Å². The Labute approximate surface area is 115 Å². The summed E-state index contributed by atoms with van der Waals surface area (Å²) in [6.45, 7) is 7.01. The summed E-state index contributed by atoms with van der Waals surface area (Å²) in [7, 11) is 0. The quantitative estimate of drug-likeness (QED) is 0.859. The minimum atomic E-state index is 0.00796. The number of anilines is 1. The summed E-state index contributed by atoms with van der Waals surface area (Å²) in [6.07, 6.45) is 1.01. The lowest BCUT2D eigenvalue weighted by Crippen LogP contribution is -2.48. The normalized spacial score (nSPS) is 20.2. The summed E-state index contributed by atoms with van der Waals surface area (Å²) in [5.41, 5.74) is 0.854. The minimum Gasteiger partial charge on any atom is -0.320 e. The number of amides is 2. The van der Waals surface area contributed by atoms with Crippen molar-refractivity contribution in [3.05, 3.63) is 30.3 Å². The average Bonchev–Trinajstić information content (AvgIpc) is 2.65. The summed E-state index contributed by atoms with van der Waals surface area (Å²) >= 11 is 0. The smallest absolute Gasteiger partial charge is 0.320 e. The maximum atomic E-state index is 12.4. The van der Waals surface area contributed by atoms with Gasteiger partial charge in [-0.25, -0.2) is 4.79 Å². The molecule has 2 N–H and O–H groups in total. The maximum absolute atomic E-state index is 12.4. The van der Waals surface area contributed by atoms with Gasteiger partial charge in [-0.15, -0.1) is 0 Å². The molecular formula is C15H23N3O. The molecule has 1 aromatic rings. The molecule has 2 amide bonds. The van der Waals surface area contributed by atoms with Gasteiger partial charge in [0.25, 0.3) is 0 Å². The van der Waals surface area contributed by atoms with Crippen molar-refractivity contribution >= 4 is 11.7 Å². The van der Waals surface area contributed by atoms with E-state index >= 15 is 0 Å². The Hall–Kier alpha value is -1.55. The van der Waals surface area contributed by atoms with Crippen molar-refractivity contribution in [1.29, 1.82) is 0 Å². The molecule has 1 aromatic carbocycles. The molecule has 1 saturated heterocycles. The number of urea groups is 1. The van der Waals surface area contributed by atoms with E-state index in [-0.39, 0.29) is 12.1 Å². The lowest BCUT2D eigenvalue weighted by atomic mass is 10.0. The predicted octanol–water partition coefficient (Wildman–Crippen LogP) is 2.54. The van der Waals surface area contributed by atoms with Crippen LogP contribution in [-0.2, 0) is 0 Å². The third kappa shape index (κ3) is 3.70. The Morgan fingerprint density at radius 2 is 2.11 bits per heavy atom. The van der Waals surface area contributed by atoms with Crippen LogP contribution in [0.5, 0.6) is 0 Å². The number of para-hydroxylation sites is 1. The molecule has 1 heterocycles. The molecule has 0 radical (unpaired) electrons. The van der Waals surface area contributed by atoms with E-state index in [1.165, 1.54) is 0 Å². The molecule has 4 nitrogen and oxygen atoms in total. The van der Waals surface area contributed by atoms with Crippen LogP contribution in [0.15, 0.2) is 30.3 Å². The van der Waals surface area contributed by atoms with Crippen LogP contribution in [0, 0.1) is 5.92 Å². The number of nitrogens with zero attached hydrogens (tertiary/aromatic N) is 1. The number of benzene rings is 1. The van der Waals surface area contributed by atoms with Gasteiger partial charge >= 0.3 is 6.03 Å². The third-order valence-corrected chi connectivity index (χ3v) is 3.56. The van der Waals surface area contributed by atoms with Crippen molar-refractivity contribution < 1.29 is 4.79 Å². The number of carbonyl (C=O) groups excluding carboxylic acids is 1. The molecule has 1 fully saturated rings. The summed E-state index contributed by atoms with van der Waals surface area (Å²) in [5, 5.41) is 6.39. The molecular weight excluding hydrogens is 238 g/mol. The highest BCUT2D eigenvalue weighted by atomic mass is 16.2. The van der Waals surface area contributed by atoms with Crippen molar-refractivity contribution in [3.63, 3.8) is 0 Å². The average molecular weight is 261 g/mol. The number of carbonyl (C=O) groups is 1. The van der Waals surface area contributed by atoms with Crippen LogP contribution in [0.3, 0.4) is 0 Å². The fraction of sp³-hybridized carbons (Fsp3) is 0.533. The monoisotopic (exact) mass is 261 g/mol. The molecule has 2 rings (SSSR count). The number of hydrogen-bond donors (Lipinski definition) is 2. The molecule has 1 atom stereocenters. The highest BCUT2D eigenvalue weighted by Gasteiger charge is 2.27. The lowest BCUT2D eigenvalue weighted by molar-refractivity contribution is 0.173. The van der Waals surface area contributed by atoms with Gasteiger partial charge in [0, 0.05) is 24.8 Å². The van der Waals surface area contributed by atoms with Crippen molar-refractivity contribution in [2.45, 2.75) is 26.3 Å². The van der Waals surface area contributed by atoms with E-state index < -0.39 is 0 Å². The SMILES string of the molecule is CC(C)C1CNCCCN1C(=O)Nc1ccccc1. The minimum absolute atomic E-state index is 0.00796. The lowest BCUT2D eigenvalue weighted by Gasteiger charge is -2.32. The molecule has 0 saturated carbocycles. The van der Waals surface area contributed by atoms with Gasteiger partial charge in [-0.1, -0.05) is 32.0 Å². The Kier molecular flexibility index (Phi) is 4.80. The third-order valence-electron chi connectivity index (χ3n) is 3.56. The first-order chi connectivity index (χ1) is 9.18. The van der Waals surface area contributed by atoms with Crippen LogP contribution >= 0.6 is 0 Å². The van der Waals surface area contributed by atoms with E-state index in [0.717, 1.165) is 31.7 Å². The van der Waals surface area contributed by atoms with E-state index in [4.69, 9.17) is 0 Å². The van der Waals surface area contributed by atoms with Gasteiger partial charge in [0.15, 0.2) is 0 Å². The van der Waals surface area contributed by atoms with E-state index in [0.29, 0.717) is 5.92 Å². The molecule has 1 aliphatic heterocycles. The van der Waals surface area contributed by atoms with E-state index in [9.17, 15) is 4.79 Å². The summed E-state index contributed by atoms with van der Waals surface area (Å²) < 4.78 is 0. The largest absolute Gasteiger partial charge is 0.322 e. The van der Waals surface area contributed by atoms with Gasteiger partial charge < -0.3 is 15.5 Å². The van der Waals surface area contributed by atoms with Gasteiger partial charge in [0.2, 0.25) is 0 Å². The van der Waals surface area contributed by atoms with E-state index in [1.807, 2.05) is 35.2 Å². The molecule has 0 bridgehead atoms. The van der Waals surface area contributed by atoms with Gasteiger partial charge in [0.1, 0.15) is 0 Å². The molecule has 104 valence electrons. The zero-order chi connectivity index (χ0) is 13.7. The van der Waals surface area contributed by atoms with Gasteiger partial charge in [-0.3, -0.25) is 0 Å². The van der Waals surface area contributed by atoms with Crippen molar-refractivity contribution in [1.82, 2.24) is 10.2 Å². The first kappa shape index (κ1) is 13.9. The van der Waals surface area contributed by atoms with Gasteiger partial charge in [-0.2, -0.15) is 0 Å². The fourth-order valence-corrected chi connectivity index (χ4v) is 2.46. The summed E-state index contributed by atoms with van der Waals surface area (Å²) in [6, 6.07) is 9.90. The molecule has 0 aliphatic carbocycles. The molecule has 0 aromatic heterocycles. The fourth-order valence-electron chi connectivity index (χ4n) is 2.46. The van der Waals surface area contributed by atoms with Crippen molar-refractivity contribution in [3.8, 4) is 0 Å². The van der Waals surface area contributed by atoms with Crippen molar-refractivity contribution in [2.24, 2.45) is 5.92 Å². The molecule has 1 aliphatic rings. The first-order valence-corrected chi connectivity index (χ1v) is 7.02. The van der Waals surface area contributed by atoms with Gasteiger partial charge in [-0.05, 0) is 31.0 Å². The molecule has 19 heavy (non-hydrogen) atoms. The van der Waals surface area contributed by atoms with Crippen LogP contribution in [-0.4, -0.2) is 36.6 Å².